The van der Waals surface area contributed by atoms with Crippen molar-refractivity contribution in [1.29, 1.82) is 0 Å². The van der Waals surface area contributed by atoms with Gasteiger partial charge in [0.25, 0.3) is 0 Å². The molecule has 1 fully saturated rings. The van der Waals surface area contributed by atoms with Crippen LogP contribution in [-0.2, 0) is 6.42 Å². The molecule has 1 saturated carbocycles. The number of aliphatic imine (C=N–C) groups is 1. The van der Waals surface area contributed by atoms with Crippen LogP contribution < -0.4 is 10.6 Å². The monoisotopic (exact) mass is 342 g/mol. The normalized spacial score (nSPS) is 17.1. The van der Waals surface area contributed by atoms with Gasteiger partial charge >= 0.3 is 0 Å². The highest BCUT2D eigenvalue weighted by molar-refractivity contribution is 5.79. The molecule has 0 saturated heterocycles. The third-order valence-electron chi connectivity index (χ3n) is 5.36. The van der Waals surface area contributed by atoms with Gasteiger partial charge in [-0.25, -0.2) is 0 Å². The molecular formula is C19H30N6. The van der Waals surface area contributed by atoms with Gasteiger partial charge in [-0.3, -0.25) is 9.39 Å². The van der Waals surface area contributed by atoms with Crippen molar-refractivity contribution in [3.8, 4) is 0 Å². The van der Waals surface area contributed by atoms with Crippen molar-refractivity contribution in [2.45, 2.75) is 52.4 Å². The summed E-state index contributed by atoms with van der Waals surface area (Å²) < 4.78 is 2.04. The van der Waals surface area contributed by atoms with E-state index in [1.807, 2.05) is 28.8 Å². The molecule has 0 spiro atoms. The Bertz CT molecular complexity index is 699. The van der Waals surface area contributed by atoms with E-state index in [4.69, 9.17) is 4.99 Å². The van der Waals surface area contributed by atoms with Crippen molar-refractivity contribution in [1.82, 2.24) is 25.2 Å². The minimum atomic E-state index is 0.422. The van der Waals surface area contributed by atoms with Crippen LogP contribution in [0.25, 0.3) is 5.65 Å². The summed E-state index contributed by atoms with van der Waals surface area (Å²) in [5.74, 6) is 1.89. The fraction of sp³-hybridized carbons (Fsp3) is 0.632. The lowest BCUT2D eigenvalue weighted by atomic mass is 9.84. The van der Waals surface area contributed by atoms with Gasteiger partial charge in [-0.1, -0.05) is 25.8 Å². The van der Waals surface area contributed by atoms with E-state index in [1.54, 1.807) is 0 Å². The van der Waals surface area contributed by atoms with Crippen LogP contribution in [0, 0.1) is 5.41 Å². The maximum atomic E-state index is 4.87. The number of nitrogens with one attached hydrogen (secondary N) is 2. The van der Waals surface area contributed by atoms with E-state index >= 15 is 0 Å². The second kappa shape index (κ2) is 8.32. The van der Waals surface area contributed by atoms with Gasteiger partial charge in [0, 0.05) is 32.3 Å². The Morgan fingerprint density at radius 1 is 1.20 bits per heavy atom. The molecule has 0 atom stereocenters. The van der Waals surface area contributed by atoms with Crippen molar-refractivity contribution >= 4 is 11.6 Å². The molecule has 0 aromatic carbocycles. The maximum Gasteiger partial charge on any atom is 0.191 e. The van der Waals surface area contributed by atoms with E-state index in [0.29, 0.717) is 5.41 Å². The molecule has 2 aromatic rings. The topological polar surface area (TPSA) is 66.6 Å². The number of hydrogen-bond acceptors (Lipinski definition) is 3. The van der Waals surface area contributed by atoms with Crippen molar-refractivity contribution in [2.75, 3.05) is 19.6 Å². The highest BCUT2D eigenvalue weighted by Crippen LogP contribution is 2.41. The van der Waals surface area contributed by atoms with Crippen molar-refractivity contribution in [3.05, 3.63) is 30.2 Å². The number of fused-ring (bicyclic) bond motifs is 1. The molecule has 6 nitrogen and oxygen atoms in total. The lowest BCUT2D eigenvalue weighted by Crippen LogP contribution is -2.39. The summed E-state index contributed by atoms with van der Waals surface area (Å²) in [5.41, 5.74) is 1.31. The number of nitrogens with zero attached hydrogens (tertiary/aromatic N) is 4. The van der Waals surface area contributed by atoms with E-state index in [1.165, 1.54) is 32.1 Å². The average molecular weight is 342 g/mol. The third kappa shape index (κ3) is 4.30. The lowest BCUT2D eigenvalue weighted by Gasteiger charge is -2.25. The summed E-state index contributed by atoms with van der Waals surface area (Å²) in [7, 11) is 0. The number of aromatic nitrogens is 3. The van der Waals surface area contributed by atoms with E-state index in [9.17, 15) is 0 Å². The first-order chi connectivity index (χ1) is 12.3. The molecular weight excluding hydrogens is 312 g/mol. The van der Waals surface area contributed by atoms with Crippen LogP contribution >= 0.6 is 0 Å². The zero-order chi connectivity index (χ0) is 17.5. The Labute approximate surface area is 150 Å². The Morgan fingerprint density at radius 2 is 2.04 bits per heavy atom. The predicted octanol–water partition coefficient (Wildman–Crippen LogP) is 2.80. The largest absolute Gasteiger partial charge is 0.357 e. The highest BCUT2D eigenvalue weighted by atomic mass is 15.2. The SMILES string of the molecule is CCNC(=NCC1(CC)CCCC1)NCCc1nnc2ccccn12. The summed E-state index contributed by atoms with van der Waals surface area (Å²) in [6, 6.07) is 5.96. The number of pyridine rings is 1. The van der Waals surface area contributed by atoms with Gasteiger partial charge in [-0.15, -0.1) is 10.2 Å². The van der Waals surface area contributed by atoms with Gasteiger partial charge in [-0.2, -0.15) is 0 Å². The summed E-state index contributed by atoms with van der Waals surface area (Å²) in [5, 5.41) is 15.3. The molecule has 0 unspecified atom stereocenters. The van der Waals surface area contributed by atoms with Gasteiger partial charge in [0.15, 0.2) is 11.6 Å². The average Bonchev–Trinajstić information content (AvgIpc) is 3.28. The first kappa shape index (κ1) is 17.7. The first-order valence-electron chi connectivity index (χ1n) is 9.57. The molecule has 1 aliphatic carbocycles. The van der Waals surface area contributed by atoms with Gasteiger partial charge < -0.3 is 10.6 Å². The Balaban J connectivity index is 1.57. The quantitative estimate of drug-likeness (QED) is 0.600. The van der Waals surface area contributed by atoms with Crippen LogP contribution in [0.2, 0.25) is 0 Å². The third-order valence-corrected chi connectivity index (χ3v) is 5.36. The van der Waals surface area contributed by atoms with Crippen LogP contribution in [0.1, 0.15) is 51.8 Å². The van der Waals surface area contributed by atoms with Crippen LogP contribution in [0.15, 0.2) is 29.4 Å². The summed E-state index contributed by atoms with van der Waals surface area (Å²) in [6.45, 7) is 7.00. The van der Waals surface area contributed by atoms with E-state index in [2.05, 4.69) is 34.7 Å². The van der Waals surface area contributed by atoms with Crippen LogP contribution in [0.5, 0.6) is 0 Å². The maximum absolute atomic E-state index is 4.87. The molecule has 136 valence electrons. The zero-order valence-electron chi connectivity index (χ0n) is 15.5. The van der Waals surface area contributed by atoms with Crippen molar-refractivity contribution in [3.63, 3.8) is 0 Å². The Hall–Kier alpha value is -2.11. The lowest BCUT2D eigenvalue weighted by molar-refractivity contribution is 0.297. The standard InChI is InChI=1S/C19H30N6/c1-3-19(11-6-7-12-19)15-22-18(20-4-2)21-13-10-17-24-23-16-9-5-8-14-25(16)17/h5,8-9,14H,3-4,6-7,10-13,15H2,1-2H3,(H2,20,21,22). The highest BCUT2D eigenvalue weighted by Gasteiger charge is 2.31. The summed E-state index contributed by atoms with van der Waals surface area (Å²) in [6.07, 6.45) is 9.39. The van der Waals surface area contributed by atoms with Gasteiger partial charge in [0.2, 0.25) is 0 Å². The number of rotatable bonds is 7. The van der Waals surface area contributed by atoms with Crippen molar-refractivity contribution < 1.29 is 0 Å². The number of hydrogen-bond donors (Lipinski definition) is 2. The zero-order valence-corrected chi connectivity index (χ0v) is 15.5. The molecule has 25 heavy (non-hydrogen) atoms. The second-order valence-electron chi connectivity index (χ2n) is 6.98. The van der Waals surface area contributed by atoms with Crippen LogP contribution in [0.4, 0.5) is 0 Å². The minimum Gasteiger partial charge on any atom is -0.357 e. The fourth-order valence-electron chi connectivity index (χ4n) is 3.69. The molecule has 0 amide bonds. The molecule has 0 bridgehead atoms. The Kier molecular flexibility index (Phi) is 5.89. The van der Waals surface area contributed by atoms with Crippen molar-refractivity contribution in [2.24, 2.45) is 10.4 Å². The van der Waals surface area contributed by atoms with E-state index in [0.717, 1.165) is 43.5 Å². The molecule has 1 aliphatic rings. The van der Waals surface area contributed by atoms with Gasteiger partial charge in [0.05, 0.1) is 0 Å². The Morgan fingerprint density at radius 3 is 2.80 bits per heavy atom. The summed E-state index contributed by atoms with van der Waals surface area (Å²) in [4.78, 5) is 4.87. The first-order valence-corrected chi connectivity index (χ1v) is 9.57. The van der Waals surface area contributed by atoms with Crippen LogP contribution in [0.3, 0.4) is 0 Å². The smallest absolute Gasteiger partial charge is 0.191 e. The predicted molar refractivity (Wildman–Crippen MR) is 102 cm³/mol. The number of guanidine groups is 1. The van der Waals surface area contributed by atoms with Crippen LogP contribution in [-0.4, -0.2) is 40.2 Å². The molecule has 2 N–H and O–H groups in total. The molecule has 0 aliphatic heterocycles. The molecule has 3 rings (SSSR count). The fourth-order valence-corrected chi connectivity index (χ4v) is 3.69. The van der Waals surface area contributed by atoms with E-state index < -0.39 is 0 Å². The molecule has 2 aromatic heterocycles. The second-order valence-corrected chi connectivity index (χ2v) is 6.98. The molecule has 2 heterocycles. The van der Waals surface area contributed by atoms with E-state index in [-0.39, 0.29) is 0 Å². The molecule has 6 heteroatoms. The van der Waals surface area contributed by atoms with Gasteiger partial charge in [0.1, 0.15) is 5.82 Å². The minimum absolute atomic E-state index is 0.422. The van der Waals surface area contributed by atoms with Gasteiger partial charge in [-0.05, 0) is 43.7 Å². The summed E-state index contributed by atoms with van der Waals surface area (Å²) >= 11 is 0. The molecule has 0 radical (unpaired) electrons.